The van der Waals surface area contributed by atoms with Crippen molar-refractivity contribution in [3.63, 3.8) is 0 Å². The summed E-state index contributed by atoms with van der Waals surface area (Å²) in [6, 6.07) is 12.6. The molecule has 1 saturated carbocycles. The first-order valence-electron chi connectivity index (χ1n) is 10.4. The molecule has 6 nitrogen and oxygen atoms in total. The number of benzene rings is 2. The van der Waals surface area contributed by atoms with Gasteiger partial charge in [0.25, 0.3) is 11.8 Å². The van der Waals surface area contributed by atoms with Gasteiger partial charge in [0.2, 0.25) is 0 Å². The number of amides is 2. The molecule has 1 aliphatic carbocycles. The second-order valence-corrected chi connectivity index (χ2v) is 8.00. The Balaban J connectivity index is 0.00000272. The minimum atomic E-state index is -1.38. The van der Waals surface area contributed by atoms with Crippen molar-refractivity contribution in [3.05, 3.63) is 70.8 Å². The molecule has 4 rings (SSSR count). The number of carbonyl (C=O) groups is 3. The Labute approximate surface area is 203 Å². The number of aromatic carboxylic acids is 1. The molecule has 0 N–H and O–H groups in total. The van der Waals surface area contributed by atoms with Crippen LogP contribution in [0.15, 0.2) is 48.5 Å². The van der Waals surface area contributed by atoms with Gasteiger partial charge in [0.05, 0.1) is 29.7 Å². The van der Waals surface area contributed by atoms with Gasteiger partial charge in [-0.1, -0.05) is 55.7 Å². The molecule has 1 aliphatic heterocycles. The van der Waals surface area contributed by atoms with E-state index in [-0.39, 0.29) is 52.9 Å². The van der Waals surface area contributed by atoms with Gasteiger partial charge in [-0.25, -0.2) is 0 Å². The third-order valence-corrected chi connectivity index (χ3v) is 6.00. The number of carboxylic acid groups (broad SMARTS) is 1. The van der Waals surface area contributed by atoms with Gasteiger partial charge in [0.15, 0.2) is 0 Å². The van der Waals surface area contributed by atoms with Gasteiger partial charge >= 0.3 is 29.6 Å². The van der Waals surface area contributed by atoms with Gasteiger partial charge < -0.3 is 14.6 Å². The predicted octanol–water partition coefficient (Wildman–Crippen LogP) is -0.0117. The number of rotatable bonds is 7. The largest absolute Gasteiger partial charge is 1.00 e. The van der Waals surface area contributed by atoms with Gasteiger partial charge in [0, 0.05) is 6.61 Å². The zero-order chi connectivity index (χ0) is 21.1. The molecule has 1 atom stereocenters. The van der Waals surface area contributed by atoms with E-state index in [0.717, 1.165) is 18.4 Å². The summed E-state index contributed by atoms with van der Waals surface area (Å²) < 4.78 is 6.01. The van der Waals surface area contributed by atoms with Crippen LogP contribution in [0.5, 0.6) is 0 Å². The predicted molar refractivity (Wildman–Crippen MR) is 108 cm³/mol. The maximum absolute atomic E-state index is 13.1. The number of hydrogen-bond donors (Lipinski definition) is 0. The molecule has 7 heteroatoms. The molecule has 0 unspecified atom stereocenters. The molecule has 0 aromatic heterocycles. The van der Waals surface area contributed by atoms with E-state index in [0.29, 0.717) is 12.5 Å². The number of imide groups is 1. The molecule has 1 heterocycles. The van der Waals surface area contributed by atoms with Crippen LogP contribution in [0.25, 0.3) is 0 Å². The standard InChI is InChI=1S/C24H25NO5.Na/c26-22-19-12-11-18(24(28)29)13-20(19)23(27)25(22)21(17-9-5-2-6-10-17)15-30-14-16-7-3-1-4-8-16;/h2,5-6,9-13,16,21H,1,3-4,7-8,14-15H2,(H,28,29);/q;+1/p-1/t21-;/m1./s1. The van der Waals surface area contributed by atoms with Crippen LogP contribution in [-0.2, 0) is 4.74 Å². The van der Waals surface area contributed by atoms with Crippen LogP contribution >= 0.6 is 0 Å². The number of hydrogen-bond acceptors (Lipinski definition) is 5. The van der Waals surface area contributed by atoms with Crippen molar-refractivity contribution in [1.29, 1.82) is 0 Å². The van der Waals surface area contributed by atoms with Gasteiger partial charge in [-0.3, -0.25) is 14.5 Å². The molecule has 2 aromatic carbocycles. The molecular formula is C24H24NNaO5. The van der Waals surface area contributed by atoms with Crippen LogP contribution in [0.4, 0.5) is 0 Å². The fraction of sp³-hybridized carbons (Fsp3) is 0.375. The van der Waals surface area contributed by atoms with Gasteiger partial charge in [0.1, 0.15) is 0 Å². The molecule has 1 fully saturated rings. The zero-order valence-electron chi connectivity index (χ0n) is 17.7. The summed E-state index contributed by atoms with van der Waals surface area (Å²) in [5.41, 5.74) is 0.977. The summed E-state index contributed by atoms with van der Waals surface area (Å²) in [6.45, 7) is 0.820. The van der Waals surface area contributed by atoms with Crippen LogP contribution in [0.2, 0.25) is 0 Å². The summed E-state index contributed by atoms with van der Waals surface area (Å²) in [5, 5.41) is 11.2. The maximum Gasteiger partial charge on any atom is 1.00 e. The summed E-state index contributed by atoms with van der Waals surface area (Å²) in [6.07, 6.45) is 6.00. The molecule has 31 heavy (non-hydrogen) atoms. The van der Waals surface area contributed by atoms with Crippen molar-refractivity contribution in [3.8, 4) is 0 Å². The number of nitrogens with zero attached hydrogens (tertiary/aromatic N) is 1. The maximum atomic E-state index is 13.1. The second kappa shape index (κ2) is 10.6. The summed E-state index contributed by atoms with van der Waals surface area (Å²) in [7, 11) is 0. The van der Waals surface area contributed by atoms with E-state index in [1.54, 1.807) is 0 Å². The van der Waals surface area contributed by atoms with Crippen LogP contribution < -0.4 is 34.7 Å². The van der Waals surface area contributed by atoms with Crippen LogP contribution in [0.3, 0.4) is 0 Å². The Morgan fingerprint density at radius 2 is 1.68 bits per heavy atom. The fourth-order valence-corrected chi connectivity index (χ4v) is 4.36. The fourth-order valence-electron chi connectivity index (χ4n) is 4.36. The Morgan fingerprint density at radius 1 is 1.00 bits per heavy atom. The molecule has 2 aliphatic rings. The Bertz CT molecular complexity index is 956. The molecular weight excluding hydrogens is 405 g/mol. The number of fused-ring (bicyclic) bond motifs is 1. The Hall–Kier alpha value is -1.99. The molecule has 0 saturated heterocycles. The van der Waals surface area contributed by atoms with Crippen molar-refractivity contribution >= 4 is 17.8 Å². The smallest absolute Gasteiger partial charge is 0.545 e. The van der Waals surface area contributed by atoms with Gasteiger partial charge in [-0.2, -0.15) is 0 Å². The van der Waals surface area contributed by atoms with Crippen molar-refractivity contribution in [2.75, 3.05) is 13.2 Å². The first-order chi connectivity index (χ1) is 14.6. The zero-order valence-corrected chi connectivity index (χ0v) is 19.7. The molecule has 156 valence electrons. The second-order valence-electron chi connectivity index (χ2n) is 8.00. The quantitative estimate of drug-likeness (QED) is 0.457. The first kappa shape index (κ1) is 23.7. The molecule has 0 spiro atoms. The molecule has 0 bridgehead atoms. The van der Waals surface area contributed by atoms with Crippen molar-refractivity contribution in [2.45, 2.75) is 38.1 Å². The minimum Gasteiger partial charge on any atom is -0.545 e. The molecule has 0 radical (unpaired) electrons. The third kappa shape index (κ3) is 5.09. The summed E-state index contributed by atoms with van der Waals surface area (Å²) >= 11 is 0. The monoisotopic (exact) mass is 429 g/mol. The van der Waals surface area contributed by atoms with E-state index >= 15 is 0 Å². The normalized spacial score (nSPS) is 17.2. The van der Waals surface area contributed by atoms with Crippen molar-refractivity contribution in [1.82, 2.24) is 4.90 Å². The van der Waals surface area contributed by atoms with Crippen LogP contribution in [-0.4, -0.2) is 35.9 Å². The van der Waals surface area contributed by atoms with Gasteiger partial charge in [-0.15, -0.1) is 0 Å². The Morgan fingerprint density at radius 3 is 2.35 bits per heavy atom. The third-order valence-electron chi connectivity index (χ3n) is 6.00. The minimum absolute atomic E-state index is 0. The van der Waals surface area contributed by atoms with E-state index in [1.165, 1.54) is 42.4 Å². The summed E-state index contributed by atoms with van der Waals surface area (Å²) in [4.78, 5) is 38.5. The van der Waals surface area contributed by atoms with Crippen molar-refractivity contribution in [2.24, 2.45) is 5.92 Å². The average molecular weight is 429 g/mol. The number of carboxylic acids is 1. The average Bonchev–Trinajstić information content (AvgIpc) is 3.02. The number of carbonyl (C=O) groups excluding carboxylic acids is 3. The Kier molecular flexibility index (Phi) is 8.06. The van der Waals surface area contributed by atoms with E-state index < -0.39 is 23.8 Å². The van der Waals surface area contributed by atoms with E-state index in [2.05, 4.69) is 0 Å². The topological polar surface area (TPSA) is 86.7 Å². The van der Waals surface area contributed by atoms with Crippen molar-refractivity contribution < 1.29 is 53.8 Å². The molecule has 2 amide bonds. The first-order valence-corrected chi connectivity index (χ1v) is 10.4. The van der Waals surface area contributed by atoms with E-state index in [9.17, 15) is 19.5 Å². The van der Waals surface area contributed by atoms with Crippen LogP contribution in [0.1, 0.15) is 74.8 Å². The summed E-state index contributed by atoms with van der Waals surface area (Å²) in [5.74, 6) is -1.81. The van der Waals surface area contributed by atoms with E-state index in [1.807, 2.05) is 30.3 Å². The van der Waals surface area contributed by atoms with Gasteiger partial charge in [-0.05, 0) is 42.0 Å². The number of ether oxygens (including phenoxy) is 1. The molecule has 2 aromatic rings. The van der Waals surface area contributed by atoms with E-state index in [4.69, 9.17) is 4.74 Å². The SMILES string of the molecule is O=C([O-])c1ccc2c(c1)C(=O)N([C@H](COCC1CCCCC1)c1ccccc1)C2=O.[Na+]. The van der Waals surface area contributed by atoms with Crippen LogP contribution in [0, 0.1) is 5.92 Å².